The molecule has 14 heavy (non-hydrogen) atoms. The quantitative estimate of drug-likeness (QED) is 0.812. The average molecular weight is 211 g/mol. The summed E-state index contributed by atoms with van der Waals surface area (Å²) < 4.78 is 0. The minimum atomic E-state index is -0.0953. The molecule has 0 spiro atoms. The van der Waals surface area contributed by atoms with Gasteiger partial charge in [-0.1, -0.05) is 11.6 Å². The number of nitrogens with zero attached hydrogens (tertiary/aromatic N) is 1. The highest BCUT2D eigenvalue weighted by molar-refractivity contribution is 6.33. The Bertz CT molecular complexity index is 350. The van der Waals surface area contributed by atoms with Crippen LogP contribution in [-0.4, -0.2) is 16.9 Å². The van der Waals surface area contributed by atoms with Crippen LogP contribution in [0, 0.1) is 0 Å². The first kappa shape index (κ1) is 9.46. The van der Waals surface area contributed by atoms with Crippen LogP contribution in [0.4, 0.5) is 0 Å². The molecule has 0 atom stereocenters. The summed E-state index contributed by atoms with van der Waals surface area (Å²) in [6.45, 7) is 0. The van der Waals surface area contributed by atoms with Gasteiger partial charge in [0.15, 0.2) is 0 Å². The summed E-state index contributed by atoms with van der Waals surface area (Å²) in [5.74, 6) is -0.0953. The number of rotatable bonds is 2. The monoisotopic (exact) mass is 210 g/mol. The zero-order valence-corrected chi connectivity index (χ0v) is 8.42. The van der Waals surface area contributed by atoms with Gasteiger partial charge in [-0.2, -0.15) is 0 Å². The maximum Gasteiger partial charge on any atom is 0.253 e. The lowest BCUT2D eigenvalue weighted by Crippen LogP contribution is -2.39. The normalized spacial score (nSPS) is 16.1. The molecule has 1 amide bonds. The molecule has 1 heterocycles. The second-order valence-electron chi connectivity index (χ2n) is 3.46. The lowest BCUT2D eigenvalue weighted by Gasteiger charge is -2.26. The maximum atomic E-state index is 11.6. The van der Waals surface area contributed by atoms with Gasteiger partial charge in [-0.15, -0.1) is 0 Å². The van der Waals surface area contributed by atoms with Crippen LogP contribution >= 0.6 is 11.6 Å². The van der Waals surface area contributed by atoms with Crippen LogP contribution in [0.25, 0.3) is 0 Å². The van der Waals surface area contributed by atoms with E-state index in [9.17, 15) is 4.79 Å². The highest BCUT2D eigenvalue weighted by Gasteiger charge is 2.20. The first-order valence-electron chi connectivity index (χ1n) is 4.68. The molecule has 1 aliphatic rings. The first-order chi connectivity index (χ1) is 6.77. The van der Waals surface area contributed by atoms with Gasteiger partial charge in [0.1, 0.15) is 0 Å². The van der Waals surface area contributed by atoms with Gasteiger partial charge >= 0.3 is 0 Å². The predicted molar refractivity (Wildman–Crippen MR) is 54.4 cm³/mol. The van der Waals surface area contributed by atoms with Crippen LogP contribution in [-0.2, 0) is 0 Å². The number of hydrogen-bond acceptors (Lipinski definition) is 2. The third-order valence-electron chi connectivity index (χ3n) is 2.46. The molecule has 1 aliphatic carbocycles. The van der Waals surface area contributed by atoms with E-state index in [1.165, 1.54) is 12.6 Å². The van der Waals surface area contributed by atoms with Gasteiger partial charge in [0.2, 0.25) is 0 Å². The summed E-state index contributed by atoms with van der Waals surface area (Å²) in [6, 6.07) is 1.97. The van der Waals surface area contributed by atoms with E-state index in [4.69, 9.17) is 11.6 Å². The molecule has 2 rings (SSSR count). The van der Waals surface area contributed by atoms with Gasteiger partial charge in [-0.25, -0.2) is 0 Å². The number of nitrogens with one attached hydrogen (secondary N) is 1. The molecule has 0 aromatic carbocycles. The Balaban J connectivity index is 2.06. The minimum Gasteiger partial charge on any atom is -0.349 e. The Kier molecular flexibility index (Phi) is 2.68. The molecule has 1 saturated carbocycles. The zero-order chi connectivity index (χ0) is 9.97. The van der Waals surface area contributed by atoms with E-state index in [1.54, 1.807) is 12.3 Å². The van der Waals surface area contributed by atoms with Crippen molar-refractivity contribution in [3.8, 4) is 0 Å². The van der Waals surface area contributed by atoms with Crippen LogP contribution in [0.2, 0.25) is 5.02 Å². The summed E-state index contributed by atoms with van der Waals surface area (Å²) in [5, 5.41) is 3.33. The number of halogens is 1. The molecule has 0 saturated heterocycles. The fourth-order valence-electron chi connectivity index (χ4n) is 1.38. The molecule has 1 aromatic rings. The van der Waals surface area contributed by atoms with Gasteiger partial charge in [-0.05, 0) is 25.3 Å². The Morgan fingerprint density at radius 3 is 2.93 bits per heavy atom. The van der Waals surface area contributed by atoms with Crippen LogP contribution in [0.3, 0.4) is 0 Å². The molecule has 0 radical (unpaired) electrons. The Hall–Kier alpha value is -1.09. The van der Waals surface area contributed by atoms with Crippen molar-refractivity contribution in [3.63, 3.8) is 0 Å². The molecule has 1 N–H and O–H groups in total. The van der Waals surface area contributed by atoms with Crippen molar-refractivity contribution in [2.45, 2.75) is 25.3 Å². The molecule has 1 fully saturated rings. The lowest BCUT2D eigenvalue weighted by atomic mass is 9.93. The van der Waals surface area contributed by atoms with E-state index in [0.717, 1.165) is 12.8 Å². The summed E-state index contributed by atoms with van der Waals surface area (Å²) in [4.78, 5) is 15.5. The van der Waals surface area contributed by atoms with Gasteiger partial charge in [0.05, 0.1) is 10.6 Å². The fraction of sp³-hybridized carbons (Fsp3) is 0.400. The number of hydrogen-bond donors (Lipinski definition) is 1. The largest absolute Gasteiger partial charge is 0.349 e. The van der Waals surface area contributed by atoms with Crippen molar-refractivity contribution in [3.05, 3.63) is 29.0 Å². The third kappa shape index (κ3) is 1.87. The number of carbonyl (C=O) groups excluding carboxylic acids is 1. The maximum absolute atomic E-state index is 11.6. The van der Waals surface area contributed by atoms with E-state index in [2.05, 4.69) is 10.3 Å². The fourth-order valence-corrected chi connectivity index (χ4v) is 1.58. The minimum absolute atomic E-state index is 0.0953. The topological polar surface area (TPSA) is 42.0 Å². The Morgan fingerprint density at radius 1 is 1.57 bits per heavy atom. The van der Waals surface area contributed by atoms with Crippen molar-refractivity contribution in [1.82, 2.24) is 10.3 Å². The van der Waals surface area contributed by atoms with Crippen LogP contribution in [0.5, 0.6) is 0 Å². The number of aromatic nitrogens is 1. The first-order valence-corrected chi connectivity index (χ1v) is 5.05. The molecule has 0 unspecified atom stereocenters. The Morgan fingerprint density at radius 2 is 2.36 bits per heavy atom. The lowest BCUT2D eigenvalue weighted by molar-refractivity contribution is 0.0917. The van der Waals surface area contributed by atoms with Gasteiger partial charge in [0.25, 0.3) is 5.91 Å². The summed E-state index contributed by atoms with van der Waals surface area (Å²) >= 11 is 5.84. The third-order valence-corrected chi connectivity index (χ3v) is 2.76. The summed E-state index contributed by atoms with van der Waals surface area (Å²) in [6.07, 6.45) is 6.41. The van der Waals surface area contributed by atoms with E-state index in [1.807, 2.05) is 0 Å². The Labute approximate surface area is 87.5 Å². The second kappa shape index (κ2) is 3.96. The van der Waals surface area contributed by atoms with Crippen molar-refractivity contribution >= 4 is 17.5 Å². The molecule has 4 heteroatoms. The highest BCUT2D eigenvalue weighted by Crippen LogP contribution is 2.20. The van der Waals surface area contributed by atoms with E-state index in [-0.39, 0.29) is 5.91 Å². The molecule has 1 aromatic heterocycles. The van der Waals surface area contributed by atoms with E-state index < -0.39 is 0 Å². The summed E-state index contributed by atoms with van der Waals surface area (Å²) in [5.41, 5.74) is 0.508. The standard InChI is InChI=1S/C10H11ClN2O/c11-9-6-12-5-4-8(9)10(14)13-7-2-1-3-7/h4-7H,1-3H2,(H,13,14). The molecule has 3 nitrogen and oxygen atoms in total. The van der Waals surface area contributed by atoms with Crippen molar-refractivity contribution in [2.24, 2.45) is 0 Å². The average Bonchev–Trinajstić information content (AvgIpc) is 2.12. The van der Waals surface area contributed by atoms with E-state index in [0.29, 0.717) is 16.6 Å². The predicted octanol–water partition coefficient (Wildman–Crippen LogP) is 2.02. The molecular formula is C10H11ClN2O. The zero-order valence-electron chi connectivity index (χ0n) is 7.66. The number of amides is 1. The van der Waals surface area contributed by atoms with Gasteiger partial charge < -0.3 is 5.32 Å². The molecule has 0 aliphatic heterocycles. The van der Waals surface area contributed by atoms with Crippen molar-refractivity contribution in [1.29, 1.82) is 0 Å². The smallest absolute Gasteiger partial charge is 0.253 e. The van der Waals surface area contributed by atoms with E-state index >= 15 is 0 Å². The highest BCUT2D eigenvalue weighted by atomic mass is 35.5. The van der Waals surface area contributed by atoms with Gasteiger partial charge in [0, 0.05) is 18.4 Å². The van der Waals surface area contributed by atoms with Crippen LogP contribution in [0.1, 0.15) is 29.6 Å². The van der Waals surface area contributed by atoms with Crippen molar-refractivity contribution < 1.29 is 4.79 Å². The molecule has 0 bridgehead atoms. The van der Waals surface area contributed by atoms with Gasteiger partial charge in [-0.3, -0.25) is 9.78 Å². The molecular weight excluding hydrogens is 200 g/mol. The second-order valence-corrected chi connectivity index (χ2v) is 3.86. The molecule has 74 valence electrons. The number of pyridine rings is 1. The SMILES string of the molecule is O=C(NC1CCC1)c1ccncc1Cl. The van der Waals surface area contributed by atoms with Crippen molar-refractivity contribution in [2.75, 3.05) is 0 Å². The van der Waals surface area contributed by atoms with Crippen LogP contribution < -0.4 is 5.32 Å². The summed E-state index contributed by atoms with van der Waals surface area (Å²) in [7, 11) is 0. The van der Waals surface area contributed by atoms with Crippen LogP contribution in [0.15, 0.2) is 18.5 Å². The number of carbonyl (C=O) groups is 1.